The summed E-state index contributed by atoms with van der Waals surface area (Å²) < 4.78 is 13.5. The van der Waals surface area contributed by atoms with Crippen molar-refractivity contribution in [2.45, 2.75) is 19.5 Å². The number of allylic oxidation sites excluding steroid dienone is 1. The summed E-state index contributed by atoms with van der Waals surface area (Å²) in [5.41, 5.74) is 4.84. The molecule has 1 fully saturated rings. The lowest BCUT2D eigenvalue weighted by Gasteiger charge is -2.36. The third-order valence-corrected chi connectivity index (χ3v) is 2.45. The van der Waals surface area contributed by atoms with E-state index in [-0.39, 0.29) is 12.2 Å². The van der Waals surface area contributed by atoms with Gasteiger partial charge in [0.25, 0.3) is 0 Å². The molecule has 3 N–H and O–H groups in total. The molecule has 1 heterocycles. The molecule has 0 radical (unpaired) electrons. The standard InChI is InChI=1S/C8H13FN2O/c1-8(5-10)2-3-11-6(4-12)7(8)9/h7,11H,2-3,5,10H2,1H3. The van der Waals surface area contributed by atoms with Crippen LogP contribution < -0.4 is 11.1 Å². The number of hydrogen-bond acceptors (Lipinski definition) is 3. The SMILES string of the molecule is CC1(CN)CCNC(=C=O)C1F. The molecule has 2 atom stereocenters. The number of piperidine rings is 1. The zero-order valence-corrected chi connectivity index (χ0v) is 7.06. The molecule has 0 saturated carbocycles. The lowest BCUT2D eigenvalue weighted by Crippen LogP contribution is -2.47. The van der Waals surface area contributed by atoms with Crippen LogP contribution in [0.4, 0.5) is 4.39 Å². The highest BCUT2D eigenvalue weighted by atomic mass is 19.1. The van der Waals surface area contributed by atoms with Crippen molar-refractivity contribution in [3.05, 3.63) is 5.70 Å². The number of nitrogens with two attached hydrogens (primary N) is 1. The van der Waals surface area contributed by atoms with Crippen LogP contribution in [0.1, 0.15) is 13.3 Å². The van der Waals surface area contributed by atoms with E-state index >= 15 is 0 Å². The fraction of sp³-hybridized carbons (Fsp3) is 0.750. The molecule has 0 aromatic carbocycles. The van der Waals surface area contributed by atoms with Crippen molar-refractivity contribution < 1.29 is 9.18 Å². The van der Waals surface area contributed by atoms with Crippen LogP contribution in [0, 0.1) is 5.41 Å². The zero-order chi connectivity index (χ0) is 9.19. The van der Waals surface area contributed by atoms with Crippen LogP contribution in [0.5, 0.6) is 0 Å². The minimum Gasteiger partial charge on any atom is -0.377 e. The van der Waals surface area contributed by atoms with Crippen molar-refractivity contribution in [3.63, 3.8) is 0 Å². The summed E-state index contributed by atoms with van der Waals surface area (Å²) in [7, 11) is 0. The summed E-state index contributed by atoms with van der Waals surface area (Å²) in [6.45, 7) is 2.59. The van der Waals surface area contributed by atoms with Gasteiger partial charge in [0.2, 0.25) is 0 Å². The zero-order valence-electron chi connectivity index (χ0n) is 7.06. The van der Waals surface area contributed by atoms with Gasteiger partial charge in [-0.05, 0) is 6.42 Å². The number of alkyl halides is 1. The van der Waals surface area contributed by atoms with Crippen LogP contribution in [-0.4, -0.2) is 25.2 Å². The highest BCUT2D eigenvalue weighted by Gasteiger charge is 2.39. The number of nitrogens with one attached hydrogen (secondary N) is 1. The molecule has 12 heavy (non-hydrogen) atoms. The largest absolute Gasteiger partial charge is 0.377 e. The van der Waals surface area contributed by atoms with E-state index in [1.807, 2.05) is 0 Å². The Morgan fingerprint density at radius 3 is 3.08 bits per heavy atom. The lowest BCUT2D eigenvalue weighted by atomic mass is 9.78. The summed E-state index contributed by atoms with van der Waals surface area (Å²) >= 11 is 0. The lowest BCUT2D eigenvalue weighted by molar-refractivity contribution is 0.124. The molecular weight excluding hydrogens is 159 g/mol. The average molecular weight is 172 g/mol. The Labute approximate surface area is 70.8 Å². The number of rotatable bonds is 1. The van der Waals surface area contributed by atoms with Crippen LogP contribution in [0.3, 0.4) is 0 Å². The molecule has 1 aliphatic rings. The summed E-state index contributed by atoms with van der Waals surface area (Å²) in [6, 6.07) is 0. The van der Waals surface area contributed by atoms with E-state index in [9.17, 15) is 9.18 Å². The Hall–Kier alpha value is -0.860. The maximum Gasteiger partial charge on any atom is 0.157 e. The molecule has 0 bridgehead atoms. The van der Waals surface area contributed by atoms with Crippen molar-refractivity contribution in [2.24, 2.45) is 11.1 Å². The van der Waals surface area contributed by atoms with Crippen LogP contribution in [-0.2, 0) is 4.79 Å². The predicted octanol–water partition coefficient (Wildman–Crippen LogP) is -0.00170. The second-order valence-corrected chi connectivity index (χ2v) is 3.41. The molecule has 0 spiro atoms. The second kappa shape index (κ2) is 3.25. The summed E-state index contributed by atoms with van der Waals surface area (Å²) in [4.78, 5) is 10.3. The van der Waals surface area contributed by atoms with Gasteiger partial charge in [-0.2, -0.15) is 0 Å². The maximum atomic E-state index is 13.5. The van der Waals surface area contributed by atoms with E-state index in [1.165, 1.54) is 0 Å². The molecule has 4 heteroatoms. The Balaban J connectivity index is 2.86. The van der Waals surface area contributed by atoms with Gasteiger partial charge in [-0.1, -0.05) is 6.92 Å². The van der Waals surface area contributed by atoms with Gasteiger partial charge in [0.15, 0.2) is 6.17 Å². The minimum atomic E-state index is -1.30. The first-order valence-electron chi connectivity index (χ1n) is 3.97. The topological polar surface area (TPSA) is 55.1 Å². The minimum absolute atomic E-state index is 0.00852. The first kappa shape index (κ1) is 9.23. The third kappa shape index (κ3) is 1.36. The van der Waals surface area contributed by atoms with Gasteiger partial charge in [0, 0.05) is 18.5 Å². The highest BCUT2D eigenvalue weighted by Crippen LogP contribution is 2.32. The number of carbonyl (C=O) groups excluding carboxylic acids is 1. The summed E-state index contributed by atoms with van der Waals surface area (Å²) in [5, 5.41) is 2.67. The van der Waals surface area contributed by atoms with Gasteiger partial charge < -0.3 is 11.1 Å². The molecule has 2 unspecified atom stereocenters. The Morgan fingerprint density at radius 2 is 2.58 bits per heavy atom. The van der Waals surface area contributed by atoms with Crippen molar-refractivity contribution in [3.8, 4) is 0 Å². The van der Waals surface area contributed by atoms with Crippen molar-refractivity contribution in [1.29, 1.82) is 0 Å². The van der Waals surface area contributed by atoms with E-state index in [0.717, 1.165) is 0 Å². The fourth-order valence-corrected chi connectivity index (χ4v) is 1.34. The van der Waals surface area contributed by atoms with E-state index < -0.39 is 11.6 Å². The molecule has 3 nitrogen and oxygen atoms in total. The van der Waals surface area contributed by atoms with Gasteiger partial charge in [0.05, 0.1) is 0 Å². The average Bonchev–Trinajstić information content (AvgIpc) is 2.10. The normalized spacial score (nSPS) is 35.6. The third-order valence-electron chi connectivity index (χ3n) is 2.45. The van der Waals surface area contributed by atoms with Gasteiger partial charge in [-0.25, -0.2) is 9.18 Å². The molecule has 1 rings (SSSR count). The molecule has 0 aromatic rings. The van der Waals surface area contributed by atoms with Crippen molar-refractivity contribution in [1.82, 2.24) is 5.32 Å². The molecular formula is C8H13FN2O. The molecule has 1 aliphatic heterocycles. The first-order valence-corrected chi connectivity index (χ1v) is 3.97. The van der Waals surface area contributed by atoms with Crippen LogP contribution in [0.15, 0.2) is 5.70 Å². The Bertz CT molecular complexity index is 225. The molecule has 0 amide bonds. The molecule has 68 valence electrons. The Morgan fingerprint density at radius 1 is 1.92 bits per heavy atom. The van der Waals surface area contributed by atoms with E-state index in [0.29, 0.717) is 13.0 Å². The van der Waals surface area contributed by atoms with Gasteiger partial charge in [-0.3, -0.25) is 0 Å². The first-order chi connectivity index (χ1) is 5.64. The Kier molecular flexibility index (Phi) is 2.50. The molecule has 1 saturated heterocycles. The van der Waals surface area contributed by atoms with Crippen molar-refractivity contribution in [2.75, 3.05) is 13.1 Å². The van der Waals surface area contributed by atoms with Crippen LogP contribution in [0.2, 0.25) is 0 Å². The highest BCUT2D eigenvalue weighted by molar-refractivity contribution is 5.54. The van der Waals surface area contributed by atoms with Gasteiger partial charge >= 0.3 is 0 Å². The summed E-state index contributed by atoms with van der Waals surface area (Å²) in [5.74, 6) is 1.57. The smallest absolute Gasteiger partial charge is 0.157 e. The number of hydrogen-bond donors (Lipinski definition) is 2. The fourth-order valence-electron chi connectivity index (χ4n) is 1.34. The maximum absolute atomic E-state index is 13.5. The second-order valence-electron chi connectivity index (χ2n) is 3.41. The van der Waals surface area contributed by atoms with E-state index in [4.69, 9.17) is 5.73 Å². The van der Waals surface area contributed by atoms with Crippen LogP contribution >= 0.6 is 0 Å². The van der Waals surface area contributed by atoms with Crippen LogP contribution in [0.25, 0.3) is 0 Å². The monoisotopic (exact) mass is 172 g/mol. The van der Waals surface area contributed by atoms with Gasteiger partial charge in [-0.15, -0.1) is 0 Å². The van der Waals surface area contributed by atoms with Crippen molar-refractivity contribution >= 4 is 5.94 Å². The van der Waals surface area contributed by atoms with E-state index in [2.05, 4.69) is 5.32 Å². The molecule has 0 aromatic heterocycles. The van der Waals surface area contributed by atoms with E-state index in [1.54, 1.807) is 12.9 Å². The number of halogens is 1. The van der Waals surface area contributed by atoms with Gasteiger partial charge in [0.1, 0.15) is 11.6 Å². The summed E-state index contributed by atoms with van der Waals surface area (Å²) in [6.07, 6.45) is -0.649. The predicted molar refractivity (Wildman–Crippen MR) is 43.9 cm³/mol. The quantitative estimate of drug-likeness (QED) is 0.547. The molecule has 0 aliphatic carbocycles.